The van der Waals surface area contributed by atoms with Crippen LogP contribution in [0.3, 0.4) is 0 Å². The fourth-order valence-corrected chi connectivity index (χ4v) is 2.18. The predicted octanol–water partition coefficient (Wildman–Crippen LogP) is 1.15. The van der Waals surface area contributed by atoms with Crippen LogP contribution in [0.1, 0.15) is 5.56 Å². The maximum absolute atomic E-state index is 11.0. The minimum absolute atomic E-state index is 0.00356. The van der Waals surface area contributed by atoms with Crippen LogP contribution in [0.15, 0.2) is 40.9 Å². The molecule has 1 heterocycles. The van der Waals surface area contributed by atoms with Gasteiger partial charge in [-0.2, -0.15) is 5.10 Å². The average molecular weight is 293 g/mol. The quantitative estimate of drug-likeness (QED) is 0.370. The molecule has 9 heteroatoms. The van der Waals surface area contributed by atoms with Gasteiger partial charge < -0.3 is 5.11 Å². The van der Waals surface area contributed by atoms with E-state index in [2.05, 4.69) is 15.3 Å². The highest BCUT2D eigenvalue weighted by Crippen LogP contribution is 2.29. The summed E-state index contributed by atoms with van der Waals surface area (Å²) in [5.74, 6) is 0.412. The van der Waals surface area contributed by atoms with Crippen molar-refractivity contribution >= 4 is 23.7 Å². The Kier molecular flexibility index (Phi) is 4.80. The largest absolute Gasteiger partial charge is 0.396 e. The van der Waals surface area contributed by atoms with Gasteiger partial charge in [0.25, 0.3) is 5.69 Å². The Labute approximate surface area is 118 Å². The van der Waals surface area contributed by atoms with Crippen LogP contribution in [0.25, 0.3) is 0 Å². The molecule has 0 fully saturated rings. The van der Waals surface area contributed by atoms with Crippen LogP contribution in [0.5, 0.6) is 0 Å². The fourth-order valence-electron chi connectivity index (χ4n) is 1.42. The van der Waals surface area contributed by atoms with Crippen molar-refractivity contribution in [3.63, 3.8) is 0 Å². The van der Waals surface area contributed by atoms with E-state index in [9.17, 15) is 10.1 Å². The fraction of sp³-hybridized carbons (Fsp3) is 0.182. The molecule has 1 N–H and O–H groups in total. The lowest BCUT2D eigenvalue weighted by atomic mass is 10.2. The van der Waals surface area contributed by atoms with Crippen LogP contribution >= 0.6 is 11.8 Å². The van der Waals surface area contributed by atoms with E-state index in [0.29, 0.717) is 16.2 Å². The Morgan fingerprint density at radius 1 is 1.45 bits per heavy atom. The molecule has 0 atom stereocenters. The summed E-state index contributed by atoms with van der Waals surface area (Å²) >= 11 is 1.24. The van der Waals surface area contributed by atoms with Gasteiger partial charge in [0.15, 0.2) is 0 Å². The normalized spacial score (nSPS) is 11.1. The van der Waals surface area contributed by atoms with Crippen molar-refractivity contribution in [2.45, 2.75) is 4.90 Å². The minimum atomic E-state index is -0.449. The summed E-state index contributed by atoms with van der Waals surface area (Å²) in [6, 6.07) is 4.81. The number of nitro groups is 1. The molecule has 0 aliphatic carbocycles. The maximum atomic E-state index is 11.0. The molecule has 0 saturated carbocycles. The molecule has 0 amide bonds. The number of hydrogen-bond acceptors (Lipinski definition) is 7. The molecule has 2 aromatic rings. The van der Waals surface area contributed by atoms with Crippen molar-refractivity contribution in [3.05, 3.63) is 46.5 Å². The molecule has 2 rings (SSSR count). The van der Waals surface area contributed by atoms with Crippen molar-refractivity contribution in [2.24, 2.45) is 5.10 Å². The molecule has 0 bridgehead atoms. The van der Waals surface area contributed by atoms with Crippen LogP contribution in [-0.4, -0.2) is 43.5 Å². The van der Waals surface area contributed by atoms with Crippen LogP contribution in [0.4, 0.5) is 5.69 Å². The maximum Gasteiger partial charge on any atom is 0.283 e. The molecule has 0 aliphatic rings. The van der Waals surface area contributed by atoms with Crippen molar-refractivity contribution in [1.82, 2.24) is 14.9 Å². The Balaban J connectivity index is 2.23. The van der Waals surface area contributed by atoms with Crippen molar-refractivity contribution in [3.8, 4) is 0 Å². The molecule has 0 spiro atoms. The molecule has 0 unspecified atom stereocenters. The summed E-state index contributed by atoms with van der Waals surface area (Å²) in [5, 5.41) is 31.0. The topological polar surface area (TPSA) is 106 Å². The van der Waals surface area contributed by atoms with Gasteiger partial charge >= 0.3 is 0 Å². The zero-order chi connectivity index (χ0) is 14.4. The molecule has 1 aromatic heterocycles. The van der Waals surface area contributed by atoms with Crippen molar-refractivity contribution in [1.29, 1.82) is 0 Å². The number of aliphatic hydroxyl groups excluding tert-OH is 1. The standard InChI is InChI=1S/C11H11N5O3S/c17-3-4-20-11-2-1-9(5-10(11)16(18)19)6-14-15-7-12-13-8-15/h1-2,5-8,17H,3-4H2/b14-6-. The molecular weight excluding hydrogens is 282 g/mol. The molecule has 1 aromatic carbocycles. The first kappa shape index (κ1) is 14.2. The molecule has 0 saturated heterocycles. The highest BCUT2D eigenvalue weighted by molar-refractivity contribution is 7.99. The number of nitrogens with zero attached hydrogens (tertiary/aromatic N) is 5. The minimum Gasteiger partial charge on any atom is -0.396 e. The molecule has 0 radical (unpaired) electrons. The third kappa shape index (κ3) is 3.62. The lowest BCUT2D eigenvalue weighted by Gasteiger charge is -2.02. The second-order valence-electron chi connectivity index (χ2n) is 3.64. The van der Waals surface area contributed by atoms with Crippen molar-refractivity contribution < 1.29 is 10.0 Å². The van der Waals surface area contributed by atoms with E-state index in [1.807, 2.05) is 0 Å². The Hall–Kier alpha value is -2.26. The van der Waals surface area contributed by atoms with Crippen LogP contribution < -0.4 is 0 Å². The number of thioether (sulfide) groups is 1. The molecule has 0 aliphatic heterocycles. The van der Waals surface area contributed by atoms with Gasteiger partial charge in [-0.1, -0.05) is 6.07 Å². The molecule has 8 nitrogen and oxygen atoms in total. The second kappa shape index (κ2) is 6.78. The third-order valence-corrected chi connectivity index (χ3v) is 3.32. The number of rotatable bonds is 6. The molecule has 104 valence electrons. The van der Waals surface area contributed by atoms with Gasteiger partial charge in [0.05, 0.1) is 22.6 Å². The van der Waals surface area contributed by atoms with Gasteiger partial charge in [-0.3, -0.25) is 10.1 Å². The highest BCUT2D eigenvalue weighted by Gasteiger charge is 2.14. The van der Waals surface area contributed by atoms with Gasteiger partial charge in [-0.25, -0.2) is 4.68 Å². The van der Waals surface area contributed by atoms with Crippen LogP contribution in [-0.2, 0) is 0 Å². The summed E-state index contributed by atoms with van der Waals surface area (Å²) in [7, 11) is 0. The van der Waals surface area contributed by atoms with E-state index >= 15 is 0 Å². The first-order valence-electron chi connectivity index (χ1n) is 5.62. The van der Waals surface area contributed by atoms with Gasteiger partial charge in [0.2, 0.25) is 0 Å². The number of benzene rings is 1. The van der Waals surface area contributed by atoms with Gasteiger partial charge in [-0.05, 0) is 6.07 Å². The molecule has 20 heavy (non-hydrogen) atoms. The zero-order valence-electron chi connectivity index (χ0n) is 10.3. The van der Waals surface area contributed by atoms with Crippen molar-refractivity contribution in [2.75, 3.05) is 12.4 Å². The number of aromatic nitrogens is 3. The number of aliphatic hydroxyl groups is 1. The van der Waals surface area contributed by atoms with Gasteiger partial charge in [0.1, 0.15) is 12.7 Å². The summed E-state index contributed by atoms with van der Waals surface area (Å²) in [6.45, 7) is -0.0291. The zero-order valence-corrected chi connectivity index (χ0v) is 11.1. The summed E-state index contributed by atoms with van der Waals surface area (Å²) in [5.41, 5.74) is 0.593. The third-order valence-electron chi connectivity index (χ3n) is 2.28. The Morgan fingerprint density at radius 2 is 2.20 bits per heavy atom. The van der Waals surface area contributed by atoms with E-state index in [0.717, 1.165) is 0 Å². The van der Waals surface area contributed by atoms with E-state index in [-0.39, 0.29) is 12.3 Å². The van der Waals surface area contributed by atoms with Crippen LogP contribution in [0, 0.1) is 10.1 Å². The SMILES string of the molecule is O=[N+]([O-])c1cc(/C=N\n2cnnc2)ccc1SCCO. The molecular formula is C11H11N5O3S. The van der Waals surface area contributed by atoms with Gasteiger partial charge in [-0.15, -0.1) is 22.0 Å². The van der Waals surface area contributed by atoms with E-state index < -0.39 is 4.92 Å². The first-order valence-corrected chi connectivity index (χ1v) is 6.60. The van der Waals surface area contributed by atoms with Gasteiger partial charge in [0, 0.05) is 17.4 Å². The van der Waals surface area contributed by atoms with E-state index in [4.69, 9.17) is 5.11 Å². The lowest BCUT2D eigenvalue weighted by Crippen LogP contribution is -1.95. The predicted molar refractivity (Wildman–Crippen MR) is 73.9 cm³/mol. The summed E-state index contributed by atoms with van der Waals surface area (Å²) in [4.78, 5) is 11.1. The number of nitro benzene ring substituents is 1. The first-order chi connectivity index (χ1) is 9.70. The van der Waals surface area contributed by atoms with Crippen LogP contribution in [0.2, 0.25) is 0 Å². The lowest BCUT2D eigenvalue weighted by molar-refractivity contribution is -0.387. The van der Waals surface area contributed by atoms with E-state index in [1.54, 1.807) is 12.1 Å². The Bertz CT molecular complexity index is 615. The summed E-state index contributed by atoms with van der Waals surface area (Å²) < 4.78 is 1.39. The average Bonchev–Trinajstić information content (AvgIpc) is 2.96. The monoisotopic (exact) mass is 293 g/mol. The number of hydrogen-bond donors (Lipinski definition) is 1. The second-order valence-corrected chi connectivity index (χ2v) is 4.78. The Morgan fingerprint density at radius 3 is 2.85 bits per heavy atom. The highest BCUT2D eigenvalue weighted by atomic mass is 32.2. The smallest absolute Gasteiger partial charge is 0.283 e. The van der Waals surface area contributed by atoms with E-state index in [1.165, 1.54) is 41.4 Å². The summed E-state index contributed by atoms with van der Waals surface area (Å²) in [6.07, 6.45) is 4.31.